The molecule has 3 heteroatoms. The van der Waals surface area contributed by atoms with Crippen molar-refractivity contribution in [1.29, 1.82) is 0 Å². The number of rotatable bonds is 4. The Bertz CT molecular complexity index is 455. The normalized spacial score (nSPS) is 31.4. The molecule has 0 spiro atoms. The van der Waals surface area contributed by atoms with E-state index < -0.39 is 0 Å². The van der Waals surface area contributed by atoms with Crippen molar-refractivity contribution < 1.29 is 0 Å². The maximum Gasteiger partial charge on any atom is 0.0406 e. The van der Waals surface area contributed by atoms with E-state index in [0.29, 0.717) is 11.6 Å². The predicted octanol–water partition coefficient (Wildman–Crippen LogP) is 3.69. The van der Waals surface area contributed by atoms with Crippen LogP contribution in [0.3, 0.4) is 0 Å². The third-order valence-corrected chi connectivity index (χ3v) is 5.29. The number of benzene rings is 1. The fraction of sp³-hybridized carbons (Fsp3) is 0.647. The van der Waals surface area contributed by atoms with Crippen LogP contribution in [0.1, 0.15) is 38.7 Å². The Morgan fingerprint density at radius 2 is 2.00 bits per heavy atom. The fourth-order valence-electron chi connectivity index (χ4n) is 3.49. The van der Waals surface area contributed by atoms with Gasteiger partial charge in [-0.15, -0.1) is 0 Å². The fourth-order valence-corrected chi connectivity index (χ4v) is 3.62. The van der Waals surface area contributed by atoms with E-state index in [1.807, 2.05) is 12.1 Å². The van der Waals surface area contributed by atoms with Crippen molar-refractivity contribution >= 4 is 11.6 Å². The minimum absolute atomic E-state index is 0.318. The SMILES string of the molecule is CCC1CNC(C)(C2CC2)CN1Cc1ccc(Cl)cc1. The minimum Gasteiger partial charge on any atom is -0.308 e. The molecule has 1 aliphatic heterocycles. The zero-order valence-corrected chi connectivity index (χ0v) is 13.3. The predicted molar refractivity (Wildman–Crippen MR) is 85.1 cm³/mol. The highest BCUT2D eigenvalue weighted by Gasteiger charge is 2.45. The summed E-state index contributed by atoms with van der Waals surface area (Å²) in [4.78, 5) is 2.66. The molecule has 1 heterocycles. The molecule has 1 aliphatic carbocycles. The molecule has 2 aliphatic rings. The van der Waals surface area contributed by atoms with Gasteiger partial charge in [-0.2, -0.15) is 0 Å². The average molecular weight is 293 g/mol. The van der Waals surface area contributed by atoms with Gasteiger partial charge in [-0.05, 0) is 49.8 Å². The highest BCUT2D eigenvalue weighted by atomic mass is 35.5. The van der Waals surface area contributed by atoms with Crippen molar-refractivity contribution in [2.24, 2.45) is 5.92 Å². The molecule has 2 atom stereocenters. The van der Waals surface area contributed by atoms with Crippen LogP contribution in [-0.2, 0) is 6.54 Å². The van der Waals surface area contributed by atoms with Gasteiger partial charge in [-0.1, -0.05) is 30.7 Å². The number of hydrogen-bond donors (Lipinski definition) is 1. The average Bonchev–Trinajstić information content (AvgIpc) is 3.27. The van der Waals surface area contributed by atoms with Crippen LogP contribution in [0, 0.1) is 5.92 Å². The van der Waals surface area contributed by atoms with Gasteiger partial charge in [0.2, 0.25) is 0 Å². The first kappa shape index (κ1) is 14.4. The molecule has 110 valence electrons. The number of piperazine rings is 1. The maximum atomic E-state index is 5.98. The van der Waals surface area contributed by atoms with E-state index in [1.54, 1.807) is 0 Å². The summed E-state index contributed by atoms with van der Waals surface area (Å²) in [5, 5.41) is 4.64. The summed E-state index contributed by atoms with van der Waals surface area (Å²) in [6.45, 7) is 8.03. The smallest absolute Gasteiger partial charge is 0.0406 e. The first-order chi connectivity index (χ1) is 9.60. The van der Waals surface area contributed by atoms with Crippen LogP contribution in [0.15, 0.2) is 24.3 Å². The Morgan fingerprint density at radius 3 is 2.60 bits per heavy atom. The minimum atomic E-state index is 0.318. The Morgan fingerprint density at radius 1 is 1.30 bits per heavy atom. The van der Waals surface area contributed by atoms with Gasteiger partial charge < -0.3 is 5.32 Å². The van der Waals surface area contributed by atoms with Crippen molar-refractivity contribution in [3.8, 4) is 0 Å². The van der Waals surface area contributed by atoms with Gasteiger partial charge in [0.1, 0.15) is 0 Å². The molecule has 1 N–H and O–H groups in total. The van der Waals surface area contributed by atoms with Gasteiger partial charge in [0.25, 0.3) is 0 Å². The molecule has 0 amide bonds. The molecular formula is C17H25ClN2. The van der Waals surface area contributed by atoms with Crippen molar-refractivity contribution in [2.75, 3.05) is 13.1 Å². The summed E-state index contributed by atoms with van der Waals surface area (Å²) in [5.41, 5.74) is 1.69. The molecule has 1 aromatic rings. The third kappa shape index (κ3) is 3.03. The van der Waals surface area contributed by atoms with Crippen LogP contribution in [0.4, 0.5) is 0 Å². The quantitative estimate of drug-likeness (QED) is 0.910. The number of nitrogens with zero attached hydrogens (tertiary/aromatic N) is 1. The molecule has 2 nitrogen and oxygen atoms in total. The molecule has 0 aromatic heterocycles. The van der Waals surface area contributed by atoms with Gasteiger partial charge in [-0.25, -0.2) is 0 Å². The zero-order valence-electron chi connectivity index (χ0n) is 12.5. The Labute approximate surface area is 127 Å². The summed E-state index contributed by atoms with van der Waals surface area (Å²) in [6, 6.07) is 8.97. The number of nitrogens with one attached hydrogen (secondary N) is 1. The van der Waals surface area contributed by atoms with Crippen LogP contribution < -0.4 is 5.32 Å². The third-order valence-electron chi connectivity index (χ3n) is 5.04. The van der Waals surface area contributed by atoms with E-state index >= 15 is 0 Å². The van der Waals surface area contributed by atoms with Crippen molar-refractivity contribution in [2.45, 2.75) is 51.2 Å². The summed E-state index contributed by atoms with van der Waals surface area (Å²) in [7, 11) is 0. The molecule has 1 saturated heterocycles. The zero-order chi connectivity index (χ0) is 14.2. The highest BCUT2D eigenvalue weighted by molar-refractivity contribution is 6.30. The first-order valence-corrected chi connectivity index (χ1v) is 8.22. The Kier molecular flexibility index (Phi) is 4.07. The second-order valence-electron chi connectivity index (χ2n) is 6.67. The lowest BCUT2D eigenvalue weighted by molar-refractivity contribution is 0.0666. The highest BCUT2D eigenvalue weighted by Crippen LogP contribution is 2.41. The second kappa shape index (κ2) is 5.67. The van der Waals surface area contributed by atoms with E-state index in [9.17, 15) is 0 Å². The van der Waals surface area contributed by atoms with E-state index in [-0.39, 0.29) is 0 Å². The molecule has 20 heavy (non-hydrogen) atoms. The van der Waals surface area contributed by atoms with Crippen LogP contribution in [0.25, 0.3) is 0 Å². The monoisotopic (exact) mass is 292 g/mol. The number of hydrogen-bond acceptors (Lipinski definition) is 2. The van der Waals surface area contributed by atoms with Crippen molar-refractivity contribution in [1.82, 2.24) is 10.2 Å². The molecule has 1 aromatic carbocycles. The maximum absolute atomic E-state index is 5.98. The lowest BCUT2D eigenvalue weighted by Crippen LogP contribution is -2.63. The van der Waals surface area contributed by atoms with Crippen LogP contribution in [0.2, 0.25) is 5.02 Å². The summed E-state index contributed by atoms with van der Waals surface area (Å²) >= 11 is 5.98. The van der Waals surface area contributed by atoms with Gasteiger partial charge in [0, 0.05) is 36.2 Å². The van der Waals surface area contributed by atoms with Crippen LogP contribution >= 0.6 is 11.6 Å². The van der Waals surface area contributed by atoms with E-state index in [2.05, 4.69) is 36.2 Å². The van der Waals surface area contributed by atoms with Crippen LogP contribution in [-0.4, -0.2) is 29.6 Å². The molecular weight excluding hydrogens is 268 g/mol. The van der Waals surface area contributed by atoms with E-state index in [4.69, 9.17) is 11.6 Å². The van der Waals surface area contributed by atoms with Gasteiger partial charge in [0.15, 0.2) is 0 Å². The van der Waals surface area contributed by atoms with E-state index in [0.717, 1.165) is 24.0 Å². The first-order valence-electron chi connectivity index (χ1n) is 7.84. The summed E-state index contributed by atoms with van der Waals surface area (Å²) in [6.07, 6.45) is 4.01. The standard InChI is InChI=1S/C17H25ClN2/c1-3-16-10-19-17(2,14-6-7-14)12-20(16)11-13-4-8-15(18)9-5-13/h4-5,8-9,14,16,19H,3,6-7,10-12H2,1-2H3. The van der Waals surface area contributed by atoms with Crippen molar-refractivity contribution in [3.63, 3.8) is 0 Å². The molecule has 0 bridgehead atoms. The van der Waals surface area contributed by atoms with Gasteiger partial charge >= 0.3 is 0 Å². The van der Waals surface area contributed by atoms with Gasteiger partial charge in [-0.3, -0.25) is 4.90 Å². The summed E-state index contributed by atoms with van der Waals surface area (Å²) < 4.78 is 0. The molecule has 0 radical (unpaired) electrons. The molecule has 2 fully saturated rings. The topological polar surface area (TPSA) is 15.3 Å². The lowest BCUT2D eigenvalue weighted by atomic mass is 9.90. The Hall–Kier alpha value is -0.570. The largest absolute Gasteiger partial charge is 0.308 e. The second-order valence-corrected chi connectivity index (χ2v) is 7.10. The summed E-state index contributed by atoms with van der Waals surface area (Å²) in [5.74, 6) is 0.882. The lowest BCUT2D eigenvalue weighted by Gasteiger charge is -2.46. The van der Waals surface area contributed by atoms with Gasteiger partial charge in [0.05, 0.1) is 0 Å². The number of halogens is 1. The van der Waals surface area contributed by atoms with Crippen LogP contribution in [0.5, 0.6) is 0 Å². The van der Waals surface area contributed by atoms with E-state index in [1.165, 1.54) is 31.4 Å². The Balaban J connectivity index is 1.72. The molecule has 3 rings (SSSR count). The molecule has 2 unspecified atom stereocenters. The van der Waals surface area contributed by atoms with Crippen molar-refractivity contribution in [3.05, 3.63) is 34.9 Å². The molecule has 1 saturated carbocycles.